The van der Waals surface area contributed by atoms with Crippen molar-refractivity contribution in [3.8, 4) is 0 Å². The van der Waals surface area contributed by atoms with E-state index in [-0.39, 0.29) is 18.0 Å². The number of hydrogen-bond acceptors (Lipinski definition) is 2. The van der Waals surface area contributed by atoms with Gasteiger partial charge in [0.05, 0.1) is 0 Å². The fourth-order valence-electron chi connectivity index (χ4n) is 2.91. The van der Waals surface area contributed by atoms with E-state index in [1.165, 1.54) is 22.2 Å². The Morgan fingerprint density at radius 3 is 2.62 bits per heavy atom. The molecule has 0 spiro atoms. The summed E-state index contributed by atoms with van der Waals surface area (Å²) in [6.07, 6.45) is 0.883. The number of aromatic amines is 1. The molecule has 1 aromatic heterocycles. The molecule has 0 saturated carbocycles. The van der Waals surface area contributed by atoms with Crippen LogP contribution in [0.1, 0.15) is 39.0 Å². The molecule has 0 aliphatic heterocycles. The number of amides is 1. The fourth-order valence-corrected chi connectivity index (χ4v) is 2.91. The Labute approximate surface area is 155 Å². The van der Waals surface area contributed by atoms with Gasteiger partial charge in [-0.05, 0) is 52.7 Å². The number of benzene rings is 1. The molecular weight excluding hydrogens is 326 g/mol. The third kappa shape index (κ3) is 5.79. The van der Waals surface area contributed by atoms with Crippen molar-refractivity contribution in [2.75, 3.05) is 19.6 Å². The first-order valence-electron chi connectivity index (χ1n) is 9.19. The number of carbonyl (C=O) groups excluding carboxylic acids is 1. The van der Waals surface area contributed by atoms with E-state index < -0.39 is 0 Å². The Hall–Kier alpha value is -2.50. The maximum atomic E-state index is 11.9. The number of hydrogen-bond donors (Lipinski definition) is 4. The highest BCUT2D eigenvalue weighted by atomic mass is 16.2. The summed E-state index contributed by atoms with van der Waals surface area (Å²) in [6.45, 7) is 11.6. The summed E-state index contributed by atoms with van der Waals surface area (Å²) in [6, 6.07) is 8.34. The second-order valence-corrected chi connectivity index (χ2v) is 7.44. The number of para-hydroxylation sites is 1. The first kappa shape index (κ1) is 19.8. The summed E-state index contributed by atoms with van der Waals surface area (Å²) in [5.74, 6) is 0.580. The van der Waals surface area contributed by atoms with Crippen molar-refractivity contribution in [2.45, 2.75) is 46.6 Å². The molecule has 1 amide bonds. The highest BCUT2D eigenvalue weighted by Gasteiger charge is 2.13. The third-order valence-corrected chi connectivity index (χ3v) is 3.93. The van der Waals surface area contributed by atoms with E-state index in [0.29, 0.717) is 5.96 Å². The molecule has 0 aliphatic carbocycles. The summed E-state index contributed by atoms with van der Waals surface area (Å²) < 4.78 is 0. The molecule has 6 nitrogen and oxygen atoms in total. The van der Waals surface area contributed by atoms with Crippen LogP contribution >= 0.6 is 0 Å². The second-order valence-electron chi connectivity index (χ2n) is 7.44. The molecule has 2 aromatic rings. The molecule has 1 aromatic carbocycles. The number of aromatic nitrogens is 1. The van der Waals surface area contributed by atoms with Gasteiger partial charge in [0.1, 0.15) is 6.54 Å². The van der Waals surface area contributed by atoms with E-state index in [0.717, 1.165) is 19.5 Å². The van der Waals surface area contributed by atoms with Crippen LogP contribution in [0.15, 0.2) is 29.3 Å². The number of aryl methyl sites for hydroxylation is 1. The minimum absolute atomic E-state index is 0.0813. The molecular formula is C20H31N5O. The van der Waals surface area contributed by atoms with Gasteiger partial charge in [-0.25, -0.2) is 4.99 Å². The molecule has 0 bridgehead atoms. The first-order valence-corrected chi connectivity index (χ1v) is 9.19. The average Bonchev–Trinajstić information content (AvgIpc) is 2.87. The number of H-pyrrole nitrogens is 1. The Bertz CT molecular complexity index is 770. The third-order valence-electron chi connectivity index (χ3n) is 3.93. The molecule has 6 heteroatoms. The highest BCUT2D eigenvalue weighted by molar-refractivity contribution is 5.86. The Kier molecular flexibility index (Phi) is 6.66. The van der Waals surface area contributed by atoms with E-state index in [4.69, 9.17) is 0 Å². The van der Waals surface area contributed by atoms with Gasteiger partial charge in [0.25, 0.3) is 0 Å². The largest absolute Gasteiger partial charge is 0.358 e. The summed E-state index contributed by atoms with van der Waals surface area (Å²) in [7, 11) is 0. The van der Waals surface area contributed by atoms with Gasteiger partial charge in [0.15, 0.2) is 5.96 Å². The molecule has 0 unspecified atom stereocenters. The molecule has 0 radical (unpaired) electrons. The van der Waals surface area contributed by atoms with Crippen LogP contribution in [-0.4, -0.2) is 42.0 Å². The number of carbonyl (C=O) groups is 1. The number of nitrogens with zero attached hydrogens (tertiary/aromatic N) is 1. The summed E-state index contributed by atoms with van der Waals surface area (Å²) >= 11 is 0. The minimum Gasteiger partial charge on any atom is -0.358 e. The lowest BCUT2D eigenvalue weighted by Crippen LogP contribution is -2.43. The fraction of sp³-hybridized carbons (Fsp3) is 0.500. The lowest BCUT2D eigenvalue weighted by molar-refractivity contribution is -0.121. The van der Waals surface area contributed by atoms with E-state index in [9.17, 15) is 4.79 Å². The minimum atomic E-state index is -0.245. The maximum Gasteiger partial charge on any atom is 0.242 e. The zero-order valence-electron chi connectivity index (χ0n) is 16.5. The van der Waals surface area contributed by atoms with Crippen LogP contribution in [0.2, 0.25) is 0 Å². The lowest BCUT2D eigenvalue weighted by atomic mass is 10.1. The number of guanidine groups is 1. The molecule has 2 rings (SSSR count). The van der Waals surface area contributed by atoms with Gasteiger partial charge in [-0.1, -0.05) is 18.2 Å². The summed E-state index contributed by atoms with van der Waals surface area (Å²) in [5, 5.41) is 10.7. The van der Waals surface area contributed by atoms with Crippen molar-refractivity contribution in [1.29, 1.82) is 0 Å². The Morgan fingerprint density at radius 2 is 1.92 bits per heavy atom. The topological polar surface area (TPSA) is 81.3 Å². The van der Waals surface area contributed by atoms with E-state index in [1.54, 1.807) is 0 Å². The van der Waals surface area contributed by atoms with Gasteiger partial charge in [-0.2, -0.15) is 0 Å². The van der Waals surface area contributed by atoms with Gasteiger partial charge in [0, 0.05) is 35.2 Å². The molecule has 0 atom stereocenters. The molecule has 142 valence electrons. The van der Waals surface area contributed by atoms with Crippen molar-refractivity contribution >= 4 is 22.8 Å². The monoisotopic (exact) mass is 357 g/mol. The summed E-state index contributed by atoms with van der Waals surface area (Å²) in [4.78, 5) is 19.7. The van der Waals surface area contributed by atoms with E-state index >= 15 is 0 Å². The molecule has 26 heavy (non-hydrogen) atoms. The summed E-state index contributed by atoms with van der Waals surface area (Å²) in [5.41, 5.74) is 3.43. The Morgan fingerprint density at radius 1 is 1.19 bits per heavy atom. The van der Waals surface area contributed by atoms with Crippen LogP contribution in [0, 0.1) is 6.92 Å². The van der Waals surface area contributed by atoms with Crippen LogP contribution in [0.25, 0.3) is 10.9 Å². The van der Waals surface area contributed by atoms with Gasteiger partial charge in [0.2, 0.25) is 5.91 Å². The number of aliphatic imine (C=N–C) groups is 1. The average molecular weight is 358 g/mol. The number of rotatable bonds is 6. The smallest absolute Gasteiger partial charge is 0.242 e. The van der Waals surface area contributed by atoms with Crippen molar-refractivity contribution in [2.24, 2.45) is 4.99 Å². The quantitative estimate of drug-likeness (QED) is 0.474. The van der Waals surface area contributed by atoms with Crippen LogP contribution in [0.3, 0.4) is 0 Å². The predicted molar refractivity (Wildman–Crippen MR) is 109 cm³/mol. The van der Waals surface area contributed by atoms with Gasteiger partial charge < -0.3 is 20.9 Å². The van der Waals surface area contributed by atoms with E-state index in [2.05, 4.69) is 51.0 Å². The first-order chi connectivity index (χ1) is 12.3. The zero-order chi connectivity index (χ0) is 19.2. The van der Waals surface area contributed by atoms with Gasteiger partial charge in [-0.15, -0.1) is 0 Å². The van der Waals surface area contributed by atoms with Gasteiger partial charge in [-0.3, -0.25) is 4.79 Å². The standard InChI is InChI=1S/C20H31N5O/c1-6-21-19(23-13-18(26)25-20(3,4)5)22-12-11-15-14(2)24-17-10-8-7-9-16(15)17/h7-10,24H,6,11-13H2,1-5H3,(H,25,26)(H2,21,22,23). The molecule has 0 saturated heterocycles. The number of nitrogens with one attached hydrogen (secondary N) is 4. The van der Waals surface area contributed by atoms with E-state index in [1.807, 2.05) is 33.8 Å². The van der Waals surface area contributed by atoms with Crippen molar-refractivity contribution in [3.05, 3.63) is 35.5 Å². The zero-order valence-corrected chi connectivity index (χ0v) is 16.5. The Balaban J connectivity index is 1.94. The van der Waals surface area contributed by atoms with Crippen LogP contribution in [-0.2, 0) is 11.2 Å². The molecule has 1 heterocycles. The second kappa shape index (κ2) is 8.74. The van der Waals surface area contributed by atoms with Crippen molar-refractivity contribution < 1.29 is 4.79 Å². The van der Waals surface area contributed by atoms with Crippen LogP contribution in [0.4, 0.5) is 0 Å². The lowest BCUT2D eigenvalue weighted by Gasteiger charge is -2.20. The maximum absolute atomic E-state index is 11.9. The van der Waals surface area contributed by atoms with Crippen LogP contribution in [0.5, 0.6) is 0 Å². The van der Waals surface area contributed by atoms with Crippen molar-refractivity contribution in [1.82, 2.24) is 20.9 Å². The van der Waals surface area contributed by atoms with Crippen LogP contribution < -0.4 is 16.0 Å². The molecule has 0 aliphatic rings. The normalized spacial score (nSPS) is 12.3. The predicted octanol–water partition coefficient (Wildman–Crippen LogP) is 2.49. The molecule has 0 fully saturated rings. The SMILES string of the molecule is CCNC(=NCC(=O)NC(C)(C)C)NCCc1c(C)[nH]c2ccccc12. The molecule has 4 N–H and O–H groups in total. The number of fused-ring (bicyclic) bond motifs is 1. The highest BCUT2D eigenvalue weighted by Crippen LogP contribution is 2.21. The van der Waals surface area contributed by atoms with Crippen molar-refractivity contribution in [3.63, 3.8) is 0 Å². The van der Waals surface area contributed by atoms with Gasteiger partial charge >= 0.3 is 0 Å².